The molecule has 0 atom stereocenters. The van der Waals surface area contributed by atoms with Crippen LogP contribution in [-0.4, -0.2) is 30.8 Å². The zero-order chi connectivity index (χ0) is 15.6. The third-order valence-electron chi connectivity index (χ3n) is 2.95. The Balaban J connectivity index is 2.39. The van der Waals surface area contributed by atoms with E-state index in [4.69, 9.17) is 9.47 Å². The Kier molecular flexibility index (Phi) is 4.42. The molecule has 0 radical (unpaired) electrons. The average molecular weight is 353 g/mol. The molecule has 0 aromatic carbocycles. The van der Waals surface area contributed by atoms with Crippen LogP contribution < -0.4 is 5.32 Å². The molecule has 1 aromatic rings. The van der Waals surface area contributed by atoms with E-state index in [9.17, 15) is 9.59 Å². The van der Waals surface area contributed by atoms with E-state index < -0.39 is 11.6 Å². The number of allylic oxidation sites excluding steroid dienone is 1. The summed E-state index contributed by atoms with van der Waals surface area (Å²) >= 11 is 3.27. The lowest BCUT2D eigenvalue weighted by atomic mass is 9.98. The first-order valence-corrected chi connectivity index (χ1v) is 6.80. The monoisotopic (exact) mass is 352 g/mol. The number of carbonyl (C=O) groups excluding carboxylic acids is 2. The molecule has 0 amide bonds. The molecule has 1 aromatic heterocycles. The smallest absolute Gasteiger partial charge is 0.248 e. The van der Waals surface area contributed by atoms with Crippen molar-refractivity contribution in [2.75, 3.05) is 19.5 Å². The third-order valence-corrected chi connectivity index (χ3v) is 3.42. The molecule has 0 saturated carbocycles. The second kappa shape index (κ2) is 6.09. The number of Topliss-reactive ketones (excluding diaryl/α,β-unsaturated/α-hetero) is 2. The van der Waals surface area contributed by atoms with Crippen molar-refractivity contribution in [1.82, 2.24) is 4.98 Å². The summed E-state index contributed by atoms with van der Waals surface area (Å²) in [4.78, 5) is 28.7. The molecule has 1 heterocycles. The molecule has 0 fully saturated rings. The molecule has 110 valence electrons. The van der Waals surface area contributed by atoms with Gasteiger partial charge in [-0.1, -0.05) is 0 Å². The summed E-state index contributed by atoms with van der Waals surface area (Å²) in [6, 6.07) is 3.46. The number of hydrogen-bond donors (Lipinski definition) is 1. The molecule has 1 aliphatic carbocycles. The molecule has 0 aliphatic heterocycles. The van der Waals surface area contributed by atoms with Gasteiger partial charge in [0, 0.05) is 16.2 Å². The molecule has 1 N–H and O–H groups in total. The topological polar surface area (TPSA) is 77.5 Å². The largest absolute Gasteiger partial charge is 0.489 e. The molecule has 1 aliphatic rings. The molecule has 6 nitrogen and oxygen atoms in total. The van der Waals surface area contributed by atoms with Crippen molar-refractivity contribution < 1.29 is 19.1 Å². The van der Waals surface area contributed by atoms with Gasteiger partial charge >= 0.3 is 0 Å². The van der Waals surface area contributed by atoms with Crippen molar-refractivity contribution in [3.63, 3.8) is 0 Å². The van der Waals surface area contributed by atoms with Crippen LogP contribution in [0.15, 0.2) is 45.6 Å². The number of rotatable bonds is 4. The van der Waals surface area contributed by atoms with Crippen LogP contribution in [0, 0.1) is 0 Å². The second-order valence-corrected chi connectivity index (χ2v) is 5.13. The quantitative estimate of drug-likeness (QED) is 0.837. The standard InChI is InChI=1S/C14H13BrN2O4/c1-7-10(17-9-5-4-8(15)6-16-9)12(19)14(21-3)13(20-2)11(7)18/h4-6H,1-3H3,(H,16,17). The van der Waals surface area contributed by atoms with Crippen LogP contribution in [0.1, 0.15) is 6.92 Å². The molecule has 0 unspecified atom stereocenters. The van der Waals surface area contributed by atoms with E-state index in [1.165, 1.54) is 14.2 Å². The predicted molar refractivity (Wildman–Crippen MR) is 79.3 cm³/mol. The van der Waals surface area contributed by atoms with Crippen LogP contribution >= 0.6 is 15.9 Å². The predicted octanol–water partition coefficient (Wildman–Crippen LogP) is 2.19. The number of ether oxygens (including phenoxy) is 2. The molecule has 7 heteroatoms. The van der Waals surface area contributed by atoms with Crippen molar-refractivity contribution in [3.05, 3.63) is 45.6 Å². The summed E-state index contributed by atoms with van der Waals surface area (Å²) in [6.45, 7) is 1.55. The van der Waals surface area contributed by atoms with Gasteiger partial charge in [-0.05, 0) is 35.0 Å². The molecule has 2 rings (SSSR count). The van der Waals surface area contributed by atoms with E-state index in [1.54, 1.807) is 25.3 Å². The Hall–Kier alpha value is -2.15. The first-order chi connectivity index (χ1) is 9.99. The number of ketones is 2. The van der Waals surface area contributed by atoms with Gasteiger partial charge in [0.25, 0.3) is 0 Å². The zero-order valence-electron chi connectivity index (χ0n) is 11.7. The average Bonchev–Trinajstić information content (AvgIpc) is 2.49. The minimum absolute atomic E-state index is 0.0886. The van der Waals surface area contributed by atoms with E-state index in [0.29, 0.717) is 5.82 Å². The Labute approximate surface area is 130 Å². The van der Waals surface area contributed by atoms with Crippen molar-refractivity contribution in [1.29, 1.82) is 0 Å². The fraction of sp³-hybridized carbons (Fsp3) is 0.214. The maximum Gasteiger partial charge on any atom is 0.248 e. The van der Waals surface area contributed by atoms with Crippen LogP contribution in [0.2, 0.25) is 0 Å². The lowest BCUT2D eigenvalue weighted by molar-refractivity contribution is -0.121. The lowest BCUT2D eigenvalue weighted by Crippen LogP contribution is -2.28. The highest BCUT2D eigenvalue weighted by Crippen LogP contribution is 2.26. The van der Waals surface area contributed by atoms with Gasteiger partial charge in [-0.2, -0.15) is 0 Å². The molecule has 21 heavy (non-hydrogen) atoms. The van der Waals surface area contributed by atoms with Crippen LogP contribution in [0.25, 0.3) is 0 Å². The summed E-state index contributed by atoms with van der Waals surface area (Å²) < 4.78 is 10.8. The maximum absolute atomic E-state index is 12.4. The second-order valence-electron chi connectivity index (χ2n) is 4.21. The van der Waals surface area contributed by atoms with E-state index >= 15 is 0 Å². The highest BCUT2D eigenvalue weighted by Gasteiger charge is 2.35. The first-order valence-electron chi connectivity index (χ1n) is 6.00. The van der Waals surface area contributed by atoms with E-state index in [2.05, 4.69) is 26.2 Å². The van der Waals surface area contributed by atoms with Gasteiger partial charge in [0.1, 0.15) is 5.82 Å². The zero-order valence-corrected chi connectivity index (χ0v) is 13.3. The van der Waals surface area contributed by atoms with Crippen molar-refractivity contribution in [3.8, 4) is 0 Å². The van der Waals surface area contributed by atoms with Gasteiger partial charge in [0.2, 0.25) is 23.1 Å². The minimum atomic E-state index is -0.448. The number of halogens is 1. The SMILES string of the molecule is COC1=C(OC)C(=O)C(Nc2ccc(Br)cn2)=C(C)C1=O. The summed E-state index contributed by atoms with van der Waals surface area (Å²) in [5.41, 5.74) is 0.384. The van der Waals surface area contributed by atoms with Crippen LogP contribution in [-0.2, 0) is 19.1 Å². The molecular weight excluding hydrogens is 340 g/mol. The Bertz CT molecular complexity index is 662. The van der Waals surface area contributed by atoms with Gasteiger partial charge in [-0.3, -0.25) is 9.59 Å². The Morgan fingerprint density at radius 3 is 2.24 bits per heavy atom. The summed E-state index contributed by atoms with van der Waals surface area (Å²) in [6.07, 6.45) is 1.58. The number of carbonyl (C=O) groups is 2. The number of methoxy groups -OCH3 is 2. The molecule has 0 spiro atoms. The van der Waals surface area contributed by atoms with Crippen molar-refractivity contribution in [2.45, 2.75) is 6.92 Å². The third kappa shape index (κ3) is 2.82. The molecular formula is C14H13BrN2O4. The van der Waals surface area contributed by atoms with Crippen molar-refractivity contribution >= 4 is 33.3 Å². The van der Waals surface area contributed by atoms with Crippen LogP contribution in [0.5, 0.6) is 0 Å². The first kappa shape index (κ1) is 15.2. The van der Waals surface area contributed by atoms with E-state index in [-0.39, 0.29) is 22.8 Å². The van der Waals surface area contributed by atoms with Crippen LogP contribution in [0.4, 0.5) is 5.82 Å². The molecule has 0 saturated heterocycles. The van der Waals surface area contributed by atoms with Crippen molar-refractivity contribution in [2.24, 2.45) is 0 Å². The van der Waals surface area contributed by atoms with Gasteiger partial charge in [-0.15, -0.1) is 0 Å². The number of hydrogen-bond acceptors (Lipinski definition) is 6. The summed E-state index contributed by atoms with van der Waals surface area (Å²) in [5.74, 6) is -0.600. The van der Waals surface area contributed by atoms with Gasteiger partial charge in [0.15, 0.2) is 0 Å². The minimum Gasteiger partial charge on any atom is -0.489 e. The normalized spacial score (nSPS) is 15.4. The summed E-state index contributed by atoms with van der Waals surface area (Å²) in [7, 11) is 2.64. The fourth-order valence-corrected chi connectivity index (χ4v) is 2.11. The number of nitrogens with zero attached hydrogens (tertiary/aromatic N) is 1. The number of anilines is 1. The summed E-state index contributed by atoms with van der Waals surface area (Å²) in [5, 5.41) is 2.85. The lowest BCUT2D eigenvalue weighted by Gasteiger charge is -2.20. The van der Waals surface area contributed by atoms with Gasteiger partial charge < -0.3 is 14.8 Å². The number of aromatic nitrogens is 1. The molecule has 0 bridgehead atoms. The van der Waals surface area contributed by atoms with Gasteiger partial charge in [-0.25, -0.2) is 4.98 Å². The fourth-order valence-electron chi connectivity index (χ4n) is 1.87. The van der Waals surface area contributed by atoms with E-state index in [1.807, 2.05) is 0 Å². The highest BCUT2D eigenvalue weighted by atomic mass is 79.9. The number of nitrogens with one attached hydrogen (secondary N) is 1. The number of pyridine rings is 1. The Morgan fingerprint density at radius 1 is 1.10 bits per heavy atom. The highest BCUT2D eigenvalue weighted by molar-refractivity contribution is 9.10. The van der Waals surface area contributed by atoms with Crippen LogP contribution in [0.3, 0.4) is 0 Å². The van der Waals surface area contributed by atoms with E-state index in [0.717, 1.165) is 4.47 Å². The maximum atomic E-state index is 12.4. The Morgan fingerprint density at radius 2 is 1.71 bits per heavy atom. The van der Waals surface area contributed by atoms with Gasteiger partial charge in [0.05, 0.1) is 19.9 Å².